The molecule has 2 aromatic rings. The Bertz CT molecular complexity index is 864. The molecule has 0 aliphatic carbocycles. The van der Waals surface area contributed by atoms with Gasteiger partial charge in [-0.25, -0.2) is 0 Å². The number of alkyl halides is 4. The SMILES string of the molecule is O=C(c1ccc(C(F)(F)F)cc1)N1CCC(N(C(=O)CCCl)c2ccccc2)CC1. The van der Waals surface area contributed by atoms with Crippen LogP contribution in [0.4, 0.5) is 18.9 Å². The molecule has 30 heavy (non-hydrogen) atoms. The van der Waals surface area contributed by atoms with Crippen LogP contribution in [0.25, 0.3) is 0 Å². The minimum Gasteiger partial charge on any atom is -0.338 e. The Labute approximate surface area is 178 Å². The lowest BCUT2D eigenvalue weighted by Gasteiger charge is -2.38. The fourth-order valence-corrected chi connectivity index (χ4v) is 3.82. The number of carbonyl (C=O) groups is 2. The summed E-state index contributed by atoms with van der Waals surface area (Å²) >= 11 is 5.77. The molecule has 1 aliphatic heterocycles. The van der Waals surface area contributed by atoms with Crippen molar-refractivity contribution in [2.24, 2.45) is 0 Å². The lowest BCUT2D eigenvalue weighted by Crippen LogP contribution is -2.49. The van der Waals surface area contributed by atoms with E-state index in [2.05, 4.69) is 0 Å². The van der Waals surface area contributed by atoms with Crippen molar-refractivity contribution in [1.82, 2.24) is 4.90 Å². The first-order valence-electron chi connectivity index (χ1n) is 9.71. The van der Waals surface area contributed by atoms with Gasteiger partial charge < -0.3 is 9.80 Å². The van der Waals surface area contributed by atoms with Crippen molar-refractivity contribution in [1.29, 1.82) is 0 Å². The largest absolute Gasteiger partial charge is 0.416 e. The summed E-state index contributed by atoms with van der Waals surface area (Å²) in [4.78, 5) is 28.7. The van der Waals surface area contributed by atoms with E-state index in [1.807, 2.05) is 30.3 Å². The maximum atomic E-state index is 12.7. The van der Waals surface area contributed by atoms with E-state index in [4.69, 9.17) is 11.6 Å². The van der Waals surface area contributed by atoms with Gasteiger partial charge in [0.05, 0.1) is 5.56 Å². The molecule has 0 N–H and O–H groups in total. The average molecular weight is 439 g/mol. The number of amides is 2. The van der Waals surface area contributed by atoms with Gasteiger partial charge in [-0.1, -0.05) is 18.2 Å². The van der Waals surface area contributed by atoms with Crippen molar-refractivity contribution in [3.63, 3.8) is 0 Å². The van der Waals surface area contributed by atoms with Gasteiger partial charge in [-0.15, -0.1) is 11.6 Å². The number of piperidine rings is 1. The zero-order valence-corrected chi connectivity index (χ0v) is 17.0. The first-order valence-corrected chi connectivity index (χ1v) is 10.2. The van der Waals surface area contributed by atoms with Crippen LogP contribution in [0.5, 0.6) is 0 Å². The number of benzene rings is 2. The molecule has 2 amide bonds. The first-order chi connectivity index (χ1) is 14.3. The van der Waals surface area contributed by atoms with Crippen LogP contribution in [0.1, 0.15) is 35.2 Å². The van der Waals surface area contributed by atoms with Crippen molar-refractivity contribution in [3.05, 3.63) is 65.7 Å². The average Bonchev–Trinajstić information content (AvgIpc) is 2.74. The summed E-state index contributed by atoms with van der Waals surface area (Å²) in [6, 6.07) is 13.5. The molecular formula is C22H22ClF3N2O2. The van der Waals surface area contributed by atoms with Crippen LogP contribution >= 0.6 is 11.6 Å². The zero-order chi connectivity index (χ0) is 21.7. The molecule has 0 aromatic heterocycles. The summed E-state index contributed by atoms with van der Waals surface area (Å²) < 4.78 is 38.2. The number of para-hydroxylation sites is 1. The molecule has 0 spiro atoms. The van der Waals surface area contributed by atoms with Crippen molar-refractivity contribution in [2.45, 2.75) is 31.5 Å². The molecule has 4 nitrogen and oxygen atoms in total. The molecule has 1 aliphatic rings. The maximum Gasteiger partial charge on any atom is 0.416 e. The summed E-state index contributed by atoms with van der Waals surface area (Å²) in [5, 5.41) is 0. The van der Waals surface area contributed by atoms with Gasteiger partial charge in [-0.3, -0.25) is 9.59 Å². The van der Waals surface area contributed by atoms with Gasteiger partial charge >= 0.3 is 6.18 Å². The Kier molecular flexibility index (Phi) is 7.02. The summed E-state index contributed by atoms with van der Waals surface area (Å²) in [5.74, 6) is -0.141. The van der Waals surface area contributed by atoms with E-state index in [9.17, 15) is 22.8 Å². The summed E-state index contributed by atoms with van der Waals surface area (Å²) in [7, 11) is 0. The second-order valence-electron chi connectivity index (χ2n) is 7.14. The Morgan fingerprint density at radius 1 is 1.00 bits per heavy atom. The van der Waals surface area contributed by atoms with Crippen LogP contribution in [0.2, 0.25) is 0 Å². The van der Waals surface area contributed by atoms with Crippen molar-refractivity contribution in [2.75, 3.05) is 23.9 Å². The number of hydrogen-bond donors (Lipinski definition) is 0. The van der Waals surface area contributed by atoms with E-state index in [-0.39, 0.29) is 35.7 Å². The molecule has 2 aromatic carbocycles. The topological polar surface area (TPSA) is 40.6 Å². The molecule has 0 saturated carbocycles. The van der Waals surface area contributed by atoms with Crippen LogP contribution in [0, 0.1) is 0 Å². The van der Waals surface area contributed by atoms with Crippen molar-refractivity contribution in [3.8, 4) is 0 Å². The quantitative estimate of drug-likeness (QED) is 0.618. The number of rotatable bonds is 5. The van der Waals surface area contributed by atoms with Crippen molar-refractivity contribution < 1.29 is 22.8 Å². The highest BCUT2D eigenvalue weighted by molar-refractivity contribution is 6.19. The highest BCUT2D eigenvalue weighted by atomic mass is 35.5. The normalized spacial score (nSPS) is 15.1. The fourth-order valence-electron chi connectivity index (χ4n) is 3.66. The van der Waals surface area contributed by atoms with Gasteiger partial charge in [0, 0.05) is 42.7 Å². The number of nitrogens with zero attached hydrogens (tertiary/aromatic N) is 2. The molecular weight excluding hydrogens is 417 g/mol. The Balaban J connectivity index is 1.68. The second kappa shape index (κ2) is 9.51. The zero-order valence-electron chi connectivity index (χ0n) is 16.2. The molecule has 0 radical (unpaired) electrons. The third-order valence-electron chi connectivity index (χ3n) is 5.19. The number of anilines is 1. The summed E-state index contributed by atoms with van der Waals surface area (Å²) in [6.45, 7) is 0.837. The Morgan fingerprint density at radius 2 is 1.60 bits per heavy atom. The molecule has 8 heteroatoms. The molecule has 1 heterocycles. The standard InChI is InChI=1S/C22H22ClF3N2O2/c23-13-10-20(29)28(18-4-2-1-3-5-18)19-11-14-27(15-12-19)21(30)16-6-8-17(9-7-16)22(24,25)26/h1-9,19H,10-15H2. The van der Waals surface area contributed by atoms with Gasteiger partial charge in [0.1, 0.15) is 0 Å². The van der Waals surface area contributed by atoms with E-state index in [1.165, 1.54) is 12.1 Å². The molecule has 0 unspecified atom stereocenters. The van der Waals surface area contributed by atoms with E-state index in [0.29, 0.717) is 25.9 Å². The minimum atomic E-state index is -4.43. The van der Waals surface area contributed by atoms with Crippen LogP contribution in [-0.4, -0.2) is 41.7 Å². The van der Waals surface area contributed by atoms with E-state index >= 15 is 0 Å². The summed E-state index contributed by atoms with van der Waals surface area (Å²) in [5.41, 5.74) is 0.230. The van der Waals surface area contributed by atoms with Crippen molar-refractivity contribution >= 4 is 29.1 Å². The maximum absolute atomic E-state index is 12.7. The van der Waals surface area contributed by atoms with Crippen LogP contribution in [0.3, 0.4) is 0 Å². The van der Waals surface area contributed by atoms with E-state index in [0.717, 1.165) is 17.8 Å². The van der Waals surface area contributed by atoms with Gasteiger partial charge in [-0.2, -0.15) is 13.2 Å². The smallest absolute Gasteiger partial charge is 0.338 e. The van der Waals surface area contributed by atoms with E-state index < -0.39 is 11.7 Å². The molecule has 0 atom stereocenters. The second-order valence-corrected chi connectivity index (χ2v) is 7.51. The third kappa shape index (κ3) is 5.14. The highest BCUT2D eigenvalue weighted by Crippen LogP contribution is 2.30. The van der Waals surface area contributed by atoms with Gasteiger partial charge in [0.2, 0.25) is 5.91 Å². The molecule has 3 rings (SSSR count). The molecule has 1 saturated heterocycles. The lowest BCUT2D eigenvalue weighted by molar-refractivity contribution is -0.137. The fraction of sp³-hybridized carbons (Fsp3) is 0.364. The molecule has 0 bridgehead atoms. The van der Waals surface area contributed by atoms with E-state index in [1.54, 1.807) is 9.80 Å². The third-order valence-corrected chi connectivity index (χ3v) is 5.38. The molecule has 160 valence electrons. The predicted molar refractivity (Wildman–Crippen MR) is 110 cm³/mol. The predicted octanol–water partition coefficient (Wildman–Crippen LogP) is 4.97. The Hall–Kier alpha value is -2.54. The van der Waals surface area contributed by atoms with Crippen LogP contribution < -0.4 is 4.90 Å². The first kappa shape index (κ1) is 22.2. The number of hydrogen-bond acceptors (Lipinski definition) is 2. The van der Waals surface area contributed by atoms with Gasteiger partial charge in [-0.05, 0) is 49.2 Å². The number of likely N-dealkylation sites (tertiary alicyclic amines) is 1. The summed E-state index contributed by atoms with van der Waals surface area (Å²) in [6.07, 6.45) is -3.05. The lowest BCUT2D eigenvalue weighted by atomic mass is 10.0. The monoisotopic (exact) mass is 438 g/mol. The molecule has 1 fully saturated rings. The highest BCUT2D eigenvalue weighted by Gasteiger charge is 2.32. The van der Waals surface area contributed by atoms with Gasteiger partial charge in [0.25, 0.3) is 5.91 Å². The number of halogens is 4. The van der Waals surface area contributed by atoms with Gasteiger partial charge in [0.15, 0.2) is 0 Å². The van der Waals surface area contributed by atoms with Crippen LogP contribution in [-0.2, 0) is 11.0 Å². The van der Waals surface area contributed by atoms with Crippen LogP contribution in [0.15, 0.2) is 54.6 Å². The minimum absolute atomic E-state index is 0.0660. The number of carbonyl (C=O) groups excluding carboxylic acids is 2. The Morgan fingerprint density at radius 3 is 2.13 bits per heavy atom.